The Kier molecular flexibility index (Phi) is 4.20. The Hall–Kier alpha value is -3.15. The summed E-state index contributed by atoms with van der Waals surface area (Å²) in [5, 5.41) is 2.30. The van der Waals surface area contributed by atoms with Gasteiger partial charge >= 0.3 is 0 Å². The van der Waals surface area contributed by atoms with Gasteiger partial charge in [0.15, 0.2) is 5.78 Å². The monoisotopic (exact) mass is 440 g/mol. The number of carbonyl (C=O) groups is 1. The van der Waals surface area contributed by atoms with Crippen LogP contribution in [-0.4, -0.2) is 44.4 Å². The quantitative estimate of drug-likeness (QED) is 0.542. The van der Waals surface area contributed by atoms with Crippen LogP contribution < -0.4 is 9.47 Å². The lowest BCUT2D eigenvalue weighted by Gasteiger charge is -2.40. The number of rotatable bonds is 6. The van der Waals surface area contributed by atoms with Crippen LogP contribution in [0.3, 0.4) is 0 Å². The average molecular weight is 440 g/mol. The molecule has 33 heavy (non-hydrogen) atoms. The van der Waals surface area contributed by atoms with Crippen LogP contribution in [0.25, 0.3) is 16.8 Å². The molecule has 2 heterocycles. The molecule has 1 spiro atoms. The molecule has 0 radical (unpaired) electrons. The first-order chi connectivity index (χ1) is 16.2. The van der Waals surface area contributed by atoms with E-state index < -0.39 is 5.41 Å². The molecule has 3 aromatic rings. The highest BCUT2D eigenvalue weighted by Crippen LogP contribution is 2.50. The Morgan fingerprint density at radius 3 is 2.03 bits per heavy atom. The third-order valence-electron chi connectivity index (χ3n) is 7.29. The minimum atomic E-state index is -0.670. The number of allylic oxidation sites excluding steroid dienone is 1. The summed E-state index contributed by atoms with van der Waals surface area (Å²) in [6.45, 7) is 2.55. The minimum Gasteiger partial charge on any atom is -0.490 e. The Balaban J connectivity index is 1.42. The summed E-state index contributed by atoms with van der Waals surface area (Å²) in [5.74, 6) is 1.81. The van der Waals surface area contributed by atoms with E-state index in [1.54, 1.807) is 6.08 Å². The van der Waals surface area contributed by atoms with Gasteiger partial charge < -0.3 is 18.9 Å². The van der Waals surface area contributed by atoms with Gasteiger partial charge in [0.05, 0.1) is 18.6 Å². The van der Waals surface area contributed by atoms with Crippen molar-refractivity contribution in [3.05, 3.63) is 76.9 Å². The molecule has 3 aromatic carbocycles. The van der Waals surface area contributed by atoms with Gasteiger partial charge in [-0.3, -0.25) is 4.79 Å². The van der Waals surface area contributed by atoms with E-state index in [0.717, 1.165) is 57.7 Å². The van der Waals surface area contributed by atoms with E-state index in [2.05, 4.69) is 24.3 Å². The molecule has 0 aromatic heterocycles. The molecule has 7 rings (SSSR count). The van der Waals surface area contributed by atoms with E-state index in [1.165, 1.54) is 0 Å². The topological polar surface area (TPSA) is 60.6 Å². The zero-order valence-electron chi connectivity index (χ0n) is 18.2. The Morgan fingerprint density at radius 2 is 1.42 bits per heavy atom. The van der Waals surface area contributed by atoms with Crippen LogP contribution in [0.2, 0.25) is 0 Å². The summed E-state index contributed by atoms with van der Waals surface area (Å²) in [6, 6.07) is 16.5. The van der Waals surface area contributed by atoms with E-state index >= 15 is 0 Å². The predicted molar refractivity (Wildman–Crippen MR) is 124 cm³/mol. The van der Waals surface area contributed by atoms with Crippen molar-refractivity contribution in [3.8, 4) is 11.5 Å². The van der Waals surface area contributed by atoms with Crippen molar-refractivity contribution in [1.82, 2.24) is 0 Å². The van der Waals surface area contributed by atoms with E-state index in [1.807, 2.05) is 30.3 Å². The normalized spacial score (nSPS) is 26.4. The van der Waals surface area contributed by atoms with Gasteiger partial charge in [0.25, 0.3) is 0 Å². The van der Waals surface area contributed by atoms with Gasteiger partial charge in [0.1, 0.15) is 36.9 Å². The molecule has 0 bridgehead atoms. The second kappa shape index (κ2) is 7.17. The number of ketones is 1. The van der Waals surface area contributed by atoms with Crippen LogP contribution >= 0.6 is 0 Å². The fourth-order valence-corrected chi connectivity index (χ4v) is 5.41. The van der Waals surface area contributed by atoms with Gasteiger partial charge in [0, 0.05) is 11.1 Å². The zero-order valence-corrected chi connectivity index (χ0v) is 18.2. The number of epoxide rings is 2. The number of ether oxygens (including phenoxy) is 4. The fraction of sp³-hybridized carbons (Fsp3) is 0.321. The molecular formula is C28H24O5. The lowest BCUT2D eigenvalue weighted by atomic mass is 9.61. The summed E-state index contributed by atoms with van der Waals surface area (Å²) >= 11 is 0. The number of benzene rings is 3. The smallest absolute Gasteiger partial charge is 0.166 e. The van der Waals surface area contributed by atoms with Gasteiger partial charge in [-0.25, -0.2) is 0 Å². The second-order valence-electron chi connectivity index (χ2n) is 9.44. The minimum absolute atomic E-state index is 0.139. The van der Waals surface area contributed by atoms with Crippen LogP contribution in [0.1, 0.15) is 22.3 Å². The third kappa shape index (κ3) is 3.18. The second-order valence-corrected chi connectivity index (χ2v) is 9.44. The fourth-order valence-electron chi connectivity index (χ4n) is 5.41. The Morgan fingerprint density at radius 1 is 0.818 bits per heavy atom. The highest BCUT2D eigenvalue weighted by atomic mass is 16.6. The summed E-state index contributed by atoms with van der Waals surface area (Å²) in [7, 11) is 0. The van der Waals surface area contributed by atoms with E-state index in [9.17, 15) is 4.79 Å². The van der Waals surface area contributed by atoms with Crippen molar-refractivity contribution in [2.75, 3.05) is 26.4 Å². The third-order valence-corrected chi connectivity index (χ3v) is 7.29. The highest BCUT2D eigenvalue weighted by molar-refractivity contribution is 6.07. The molecule has 0 saturated carbocycles. The molecule has 2 saturated heterocycles. The summed E-state index contributed by atoms with van der Waals surface area (Å²) in [6.07, 6.45) is 5.22. The van der Waals surface area contributed by atoms with E-state index in [4.69, 9.17) is 18.9 Å². The first-order valence-electron chi connectivity index (χ1n) is 11.6. The summed E-state index contributed by atoms with van der Waals surface area (Å²) < 4.78 is 23.2. The average Bonchev–Trinajstić information content (AvgIpc) is 3.76. The van der Waals surface area contributed by atoms with Crippen LogP contribution in [0.15, 0.2) is 54.6 Å². The highest BCUT2D eigenvalue weighted by Gasteiger charge is 2.46. The first kappa shape index (κ1) is 19.3. The maximum atomic E-state index is 13.6. The Labute approximate surface area is 191 Å². The Bertz CT molecular complexity index is 1250. The molecule has 2 unspecified atom stereocenters. The number of hydrogen-bond acceptors (Lipinski definition) is 5. The van der Waals surface area contributed by atoms with Crippen molar-refractivity contribution in [2.24, 2.45) is 0 Å². The van der Waals surface area contributed by atoms with Crippen LogP contribution in [-0.2, 0) is 32.5 Å². The molecule has 5 heteroatoms. The van der Waals surface area contributed by atoms with Crippen molar-refractivity contribution in [1.29, 1.82) is 0 Å². The van der Waals surface area contributed by atoms with E-state index in [-0.39, 0.29) is 18.0 Å². The number of hydrogen-bond donors (Lipinski definition) is 0. The molecule has 5 nitrogen and oxygen atoms in total. The molecule has 2 aliphatic heterocycles. The molecule has 2 aliphatic carbocycles. The SMILES string of the molecule is O=C1C=Cc2ccccc2C12Cc1c(OCC3CO3)ccc3ccc(OCC4CO4)c(c13)C2. The molecule has 0 N–H and O–H groups in total. The molecular weight excluding hydrogens is 416 g/mol. The van der Waals surface area contributed by atoms with Gasteiger partial charge in [-0.2, -0.15) is 0 Å². The van der Waals surface area contributed by atoms with Gasteiger partial charge in [-0.05, 0) is 52.9 Å². The largest absolute Gasteiger partial charge is 0.490 e. The molecule has 4 aliphatic rings. The van der Waals surface area contributed by atoms with Crippen molar-refractivity contribution < 1.29 is 23.7 Å². The lowest BCUT2D eigenvalue weighted by Crippen LogP contribution is -2.43. The maximum Gasteiger partial charge on any atom is 0.166 e. The number of carbonyl (C=O) groups excluding carboxylic acids is 1. The van der Waals surface area contributed by atoms with Crippen LogP contribution in [0, 0.1) is 0 Å². The van der Waals surface area contributed by atoms with Crippen molar-refractivity contribution in [2.45, 2.75) is 30.5 Å². The maximum absolute atomic E-state index is 13.6. The molecule has 2 atom stereocenters. The van der Waals surface area contributed by atoms with Crippen molar-refractivity contribution >= 4 is 22.6 Å². The van der Waals surface area contributed by atoms with Gasteiger partial charge in [-0.1, -0.05) is 42.5 Å². The molecule has 2 fully saturated rings. The molecule has 0 amide bonds. The lowest BCUT2D eigenvalue weighted by molar-refractivity contribution is -0.120. The van der Waals surface area contributed by atoms with Crippen LogP contribution in [0.4, 0.5) is 0 Å². The van der Waals surface area contributed by atoms with Gasteiger partial charge in [-0.15, -0.1) is 0 Å². The van der Waals surface area contributed by atoms with E-state index in [0.29, 0.717) is 26.1 Å². The summed E-state index contributed by atoms with van der Waals surface area (Å²) in [4.78, 5) is 13.6. The summed E-state index contributed by atoms with van der Waals surface area (Å²) in [5.41, 5.74) is 3.68. The predicted octanol–water partition coefficient (Wildman–Crippen LogP) is 4.03. The van der Waals surface area contributed by atoms with Gasteiger partial charge in [0.2, 0.25) is 0 Å². The molecule has 166 valence electrons. The van der Waals surface area contributed by atoms with Crippen LogP contribution in [0.5, 0.6) is 11.5 Å². The van der Waals surface area contributed by atoms with Crippen molar-refractivity contribution in [3.63, 3.8) is 0 Å². The zero-order chi connectivity index (χ0) is 22.0. The first-order valence-corrected chi connectivity index (χ1v) is 11.6. The number of fused-ring (bicyclic) bond motifs is 2. The standard InChI is InChI=1S/C28H24O5/c29-26-10-7-17-3-1-2-4-23(17)28(26)11-21-24(32-15-19-13-30-19)8-5-18-6-9-25(22(12-28)27(18)21)33-16-20-14-31-20/h1-10,19-20H,11-16H2.